The average molecular weight is 600 g/mol. The molecular formula is C34H37N3O5S. The molecule has 1 heterocycles. The molecule has 0 atom stereocenters. The Labute approximate surface area is 253 Å². The lowest BCUT2D eigenvalue weighted by Crippen LogP contribution is -2.31. The summed E-state index contributed by atoms with van der Waals surface area (Å²) in [6, 6.07) is 17.5. The molecule has 0 spiro atoms. The first-order valence-corrected chi connectivity index (χ1v) is 15.5. The number of hydrogen-bond acceptors (Lipinski definition) is 5. The number of sulfonamides is 1. The van der Waals surface area contributed by atoms with E-state index in [1.807, 2.05) is 31.2 Å². The molecule has 9 heteroatoms. The minimum absolute atomic E-state index is 0.0499. The van der Waals surface area contributed by atoms with Crippen LogP contribution < -0.4 is 14.8 Å². The summed E-state index contributed by atoms with van der Waals surface area (Å²) in [5.74, 6) is -0.373. The van der Waals surface area contributed by atoms with Crippen molar-refractivity contribution in [1.29, 1.82) is 0 Å². The molecule has 0 unspecified atom stereocenters. The van der Waals surface area contributed by atoms with Crippen LogP contribution in [0.5, 0.6) is 5.75 Å². The van der Waals surface area contributed by atoms with E-state index in [2.05, 4.69) is 33.4 Å². The van der Waals surface area contributed by atoms with Crippen molar-refractivity contribution in [2.24, 2.45) is 0 Å². The molecular weight excluding hydrogens is 562 g/mol. The Bertz CT molecular complexity index is 1820. The van der Waals surface area contributed by atoms with Crippen molar-refractivity contribution in [2.45, 2.75) is 45.1 Å². The molecule has 224 valence electrons. The second-order valence-corrected chi connectivity index (χ2v) is 12.0. The number of fused-ring (bicyclic) bond motifs is 1. The standard InChI is InChI=1S/C34H37N3O5S/c1-6-16-35-33(38)24(4)18-25-12-15-30-29(19-25)28(22-37(30)17-7-2)20-26-13-14-27(21-31(26)42-5)34(39)36-43(40,41)32-11-9-8-10-23(32)3/h7-15,18-19,21-22H,2,6,16-17,20H2,1,3-5H3,(H,35,38)(H,36,39)/b24-18-. The Morgan fingerprint density at radius 1 is 1.05 bits per heavy atom. The summed E-state index contributed by atoms with van der Waals surface area (Å²) in [5.41, 5.74) is 5.11. The van der Waals surface area contributed by atoms with E-state index in [1.165, 1.54) is 13.2 Å². The zero-order valence-corrected chi connectivity index (χ0v) is 25.8. The smallest absolute Gasteiger partial charge is 0.265 e. The number of aromatic nitrogens is 1. The molecule has 2 amide bonds. The van der Waals surface area contributed by atoms with Crippen molar-refractivity contribution in [1.82, 2.24) is 14.6 Å². The van der Waals surface area contributed by atoms with E-state index in [0.717, 1.165) is 34.0 Å². The molecule has 0 bridgehead atoms. The Balaban J connectivity index is 1.64. The first-order chi connectivity index (χ1) is 20.6. The number of carbonyl (C=O) groups is 2. The van der Waals surface area contributed by atoms with Gasteiger partial charge in [-0.3, -0.25) is 9.59 Å². The number of hydrogen-bond donors (Lipinski definition) is 2. The van der Waals surface area contributed by atoms with Gasteiger partial charge in [0.25, 0.3) is 15.9 Å². The van der Waals surface area contributed by atoms with E-state index >= 15 is 0 Å². The molecule has 0 saturated carbocycles. The SMILES string of the molecule is C=CCn1cc(Cc2ccc(C(=O)NS(=O)(=O)c3ccccc3C)cc2OC)c2cc(/C=C(/C)C(=O)NCCC)ccc21. The fourth-order valence-electron chi connectivity index (χ4n) is 4.93. The van der Waals surface area contributed by atoms with Gasteiger partial charge in [-0.2, -0.15) is 0 Å². The number of nitrogens with one attached hydrogen (secondary N) is 2. The Kier molecular flexibility index (Phi) is 9.88. The van der Waals surface area contributed by atoms with E-state index in [-0.39, 0.29) is 16.4 Å². The molecule has 8 nitrogen and oxygen atoms in total. The van der Waals surface area contributed by atoms with E-state index in [1.54, 1.807) is 50.2 Å². The maximum Gasteiger partial charge on any atom is 0.265 e. The van der Waals surface area contributed by atoms with Gasteiger partial charge in [0.05, 0.1) is 12.0 Å². The maximum atomic E-state index is 13.0. The van der Waals surface area contributed by atoms with Gasteiger partial charge in [0.1, 0.15) is 5.75 Å². The number of aryl methyl sites for hydroxylation is 1. The largest absolute Gasteiger partial charge is 0.496 e. The highest BCUT2D eigenvalue weighted by atomic mass is 32.2. The number of nitrogens with zero attached hydrogens (tertiary/aromatic N) is 1. The molecule has 0 aliphatic rings. The van der Waals surface area contributed by atoms with Crippen molar-refractivity contribution in [3.8, 4) is 5.75 Å². The molecule has 1 aromatic heterocycles. The van der Waals surface area contributed by atoms with Crippen molar-refractivity contribution in [3.63, 3.8) is 0 Å². The van der Waals surface area contributed by atoms with Crippen molar-refractivity contribution in [3.05, 3.63) is 113 Å². The predicted molar refractivity (Wildman–Crippen MR) is 171 cm³/mol. The molecule has 4 rings (SSSR count). The van der Waals surface area contributed by atoms with Crippen LogP contribution in [0.15, 0.2) is 90.0 Å². The minimum atomic E-state index is -4.05. The van der Waals surface area contributed by atoms with Gasteiger partial charge in [-0.05, 0) is 78.9 Å². The average Bonchev–Trinajstić information content (AvgIpc) is 3.32. The van der Waals surface area contributed by atoms with Crippen molar-refractivity contribution in [2.75, 3.05) is 13.7 Å². The molecule has 3 aromatic carbocycles. The predicted octanol–water partition coefficient (Wildman–Crippen LogP) is 5.78. The van der Waals surface area contributed by atoms with Crippen LogP contribution in [-0.2, 0) is 27.8 Å². The minimum Gasteiger partial charge on any atom is -0.496 e. The zero-order valence-electron chi connectivity index (χ0n) is 24.9. The van der Waals surface area contributed by atoms with Crippen LogP contribution in [-0.4, -0.2) is 38.5 Å². The lowest BCUT2D eigenvalue weighted by molar-refractivity contribution is -0.117. The van der Waals surface area contributed by atoms with Crippen molar-refractivity contribution >= 4 is 38.8 Å². The van der Waals surface area contributed by atoms with E-state index in [9.17, 15) is 18.0 Å². The highest BCUT2D eigenvalue weighted by molar-refractivity contribution is 7.90. The monoisotopic (exact) mass is 599 g/mol. The normalized spacial score (nSPS) is 11.8. The summed E-state index contributed by atoms with van der Waals surface area (Å²) in [4.78, 5) is 25.4. The summed E-state index contributed by atoms with van der Waals surface area (Å²) in [7, 11) is -2.53. The van der Waals surface area contributed by atoms with Gasteiger partial charge >= 0.3 is 0 Å². The van der Waals surface area contributed by atoms with Gasteiger partial charge in [-0.15, -0.1) is 6.58 Å². The van der Waals surface area contributed by atoms with Crippen LogP contribution >= 0.6 is 0 Å². The zero-order chi connectivity index (χ0) is 31.1. The maximum absolute atomic E-state index is 13.0. The number of rotatable bonds is 12. The Morgan fingerprint density at radius 3 is 2.51 bits per heavy atom. The quantitative estimate of drug-likeness (QED) is 0.159. The highest BCUT2D eigenvalue weighted by Crippen LogP contribution is 2.30. The fourth-order valence-corrected chi connectivity index (χ4v) is 6.16. The number of carbonyl (C=O) groups excluding carboxylic acids is 2. The van der Waals surface area contributed by atoms with Gasteiger partial charge in [0.15, 0.2) is 0 Å². The van der Waals surface area contributed by atoms with Gasteiger partial charge < -0.3 is 14.6 Å². The molecule has 0 radical (unpaired) electrons. The summed E-state index contributed by atoms with van der Waals surface area (Å²) < 4.78 is 35.6. The summed E-state index contributed by atoms with van der Waals surface area (Å²) >= 11 is 0. The van der Waals surface area contributed by atoms with Crippen LogP contribution in [0.25, 0.3) is 17.0 Å². The van der Waals surface area contributed by atoms with Crippen LogP contribution in [0, 0.1) is 6.92 Å². The fraction of sp³-hybridized carbons (Fsp3) is 0.235. The number of amides is 2. The van der Waals surface area contributed by atoms with Crippen LogP contribution in [0.4, 0.5) is 0 Å². The van der Waals surface area contributed by atoms with Gasteiger partial charge in [-0.25, -0.2) is 13.1 Å². The van der Waals surface area contributed by atoms with Gasteiger partial charge in [0.2, 0.25) is 5.91 Å². The lowest BCUT2D eigenvalue weighted by Gasteiger charge is -2.12. The van der Waals surface area contributed by atoms with Gasteiger partial charge in [0, 0.05) is 47.7 Å². The number of methoxy groups -OCH3 is 1. The van der Waals surface area contributed by atoms with Crippen LogP contribution in [0.3, 0.4) is 0 Å². The third-order valence-electron chi connectivity index (χ3n) is 7.13. The highest BCUT2D eigenvalue weighted by Gasteiger charge is 2.21. The summed E-state index contributed by atoms with van der Waals surface area (Å²) in [6.45, 7) is 10.6. The first-order valence-electron chi connectivity index (χ1n) is 14.1. The Hall–Kier alpha value is -4.63. The summed E-state index contributed by atoms with van der Waals surface area (Å²) in [6.07, 6.45) is 7.13. The molecule has 43 heavy (non-hydrogen) atoms. The molecule has 0 aliphatic carbocycles. The number of ether oxygens (including phenoxy) is 1. The third-order valence-corrected chi connectivity index (χ3v) is 8.62. The van der Waals surface area contributed by atoms with Gasteiger partial charge in [-0.1, -0.05) is 43.3 Å². The molecule has 0 aliphatic heterocycles. The van der Waals surface area contributed by atoms with Crippen molar-refractivity contribution < 1.29 is 22.7 Å². The second-order valence-electron chi connectivity index (χ2n) is 10.4. The second kappa shape index (κ2) is 13.6. The van der Waals surface area contributed by atoms with E-state index in [4.69, 9.17) is 4.74 Å². The molecule has 2 N–H and O–H groups in total. The topological polar surface area (TPSA) is 106 Å². The number of benzene rings is 3. The molecule has 0 saturated heterocycles. The summed E-state index contributed by atoms with van der Waals surface area (Å²) in [5, 5.41) is 3.92. The lowest BCUT2D eigenvalue weighted by atomic mass is 10.00. The van der Waals surface area contributed by atoms with Crippen LogP contribution in [0.1, 0.15) is 52.9 Å². The molecule has 4 aromatic rings. The Morgan fingerprint density at radius 2 is 1.81 bits per heavy atom. The first kappa shape index (κ1) is 31.3. The molecule has 0 fully saturated rings. The van der Waals surface area contributed by atoms with Crippen LogP contribution in [0.2, 0.25) is 0 Å². The van der Waals surface area contributed by atoms with E-state index < -0.39 is 15.9 Å². The van der Waals surface area contributed by atoms with E-state index in [0.29, 0.717) is 36.4 Å². The number of allylic oxidation sites excluding steroid dienone is 1. The third kappa shape index (κ3) is 7.24.